The Balaban J connectivity index is 2.24. The van der Waals surface area contributed by atoms with Crippen LogP contribution >= 0.6 is 0 Å². The van der Waals surface area contributed by atoms with Crippen molar-refractivity contribution in [1.29, 1.82) is 0 Å². The topological polar surface area (TPSA) is 29.5 Å². The maximum absolute atomic E-state index is 11.5. The second-order valence-electron chi connectivity index (χ2n) is 4.53. The third-order valence-corrected chi connectivity index (χ3v) is 3.35. The number of ether oxygens (including phenoxy) is 1. The molecule has 2 saturated heterocycles. The van der Waals surface area contributed by atoms with E-state index in [4.69, 9.17) is 4.74 Å². The molecule has 0 aromatic rings. The Bertz CT molecular complexity index is 233. The molecular weight excluding hydrogens is 166 g/mol. The summed E-state index contributed by atoms with van der Waals surface area (Å²) in [6, 6.07) is 0.286. The van der Waals surface area contributed by atoms with E-state index >= 15 is 0 Å². The normalized spacial score (nSPS) is 38.9. The highest BCUT2D eigenvalue weighted by Crippen LogP contribution is 2.43. The summed E-state index contributed by atoms with van der Waals surface area (Å²) in [6.07, 6.45) is 1.64. The molecule has 2 aliphatic rings. The molecule has 0 aromatic carbocycles. The predicted octanol–water partition coefficient (Wildman–Crippen LogP) is 1.03. The van der Waals surface area contributed by atoms with Gasteiger partial charge in [-0.15, -0.1) is 0 Å². The lowest BCUT2D eigenvalue weighted by Gasteiger charge is -2.45. The molecule has 3 nitrogen and oxygen atoms in total. The molecule has 74 valence electrons. The van der Waals surface area contributed by atoms with E-state index in [1.807, 2.05) is 11.9 Å². The Morgan fingerprint density at radius 3 is 2.54 bits per heavy atom. The van der Waals surface area contributed by atoms with Crippen LogP contribution in [0.2, 0.25) is 0 Å². The molecule has 0 aliphatic carbocycles. The van der Waals surface area contributed by atoms with E-state index in [2.05, 4.69) is 13.8 Å². The summed E-state index contributed by atoms with van der Waals surface area (Å²) in [6.45, 7) is 5.14. The van der Waals surface area contributed by atoms with Crippen molar-refractivity contribution < 1.29 is 9.53 Å². The van der Waals surface area contributed by atoms with E-state index in [-0.39, 0.29) is 17.6 Å². The second kappa shape index (κ2) is 2.71. The fraction of sp³-hybridized carbons (Fsp3) is 0.900. The molecule has 0 saturated carbocycles. The minimum atomic E-state index is -0.125. The Morgan fingerprint density at radius 2 is 2.23 bits per heavy atom. The first kappa shape index (κ1) is 9.00. The van der Waals surface area contributed by atoms with E-state index in [0.29, 0.717) is 12.3 Å². The Labute approximate surface area is 79.0 Å². The number of amides is 1. The van der Waals surface area contributed by atoms with Crippen molar-refractivity contribution in [2.75, 3.05) is 13.7 Å². The minimum Gasteiger partial charge on any atom is -0.372 e. The summed E-state index contributed by atoms with van der Waals surface area (Å²) in [4.78, 5) is 13.4. The van der Waals surface area contributed by atoms with Gasteiger partial charge in [-0.05, 0) is 5.92 Å². The van der Waals surface area contributed by atoms with Crippen molar-refractivity contribution in [2.45, 2.75) is 38.3 Å². The Morgan fingerprint density at radius 1 is 1.62 bits per heavy atom. The summed E-state index contributed by atoms with van der Waals surface area (Å²) in [5, 5.41) is 0. The van der Waals surface area contributed by atoms with Crippen molar-refractivity contribution in [2.24, 2.45) is 5.92 Å². The molecule has 2 heterocycles. The molecule has 2 unspecified atom stereocenters. The van der Waals surface area contributed by atoms with Gasteiger partial charge in [-0.1, -0.05) is 13.8 Å². The Kier molecular flexibility index (Phi) is 1.88. The molecule has 2 atom stereocenters. The average Bonchev–Trinajstić information content (AvgIpc) is 2.23. The smallest absolute Gasteiger partial charge is 0.225 e. The molecule has 3 heteroatoms. The van der Waals surface area contributed by atoms with Crippen LogP contribution in [-0.2, 0) is 9.53 Å². The number of likely N-dealkylation sites (N-methyl/N-ethyl adjacent to an activating group) is 1. The first-order chi connectivity index (χ1) is 6.07. The predicted molar refractivity (Wildman–Crippen MR) is 49.3 cm³/mol. The van der Waals surface area contributed by atoms with Gasteiger partial charge >= 0.3 is 0 Å². The largest absolute Gasteiger partial charge is 0.372 e. The summed E-state index contributed by atoms with van der Waals surface area (Å²) in [5.41, 5.74) is -0.125. The SMILES string of the molecule is CC(C)C1N(C)C(=O)CC12CCO2. The lowest BCUT2D eigenvalue weighted by atomic mass is 9.81. The molecular formula is C10H17NO2. The first-order valence-electron chi connectivity index (χ1n) is 4.96. The zero-order valence-corrected chi connectivity index (χ0v) is 8.54. The van der Waals surface area contributed by atoms with Gasteiger partial charge in [0.05, 0.1) is 24.7 Å². The summed E-state index contributed by atoms with van der Waals surface area (Å²) >= 11 is 0. The van der Waals surface area contributed by atoms with Crippen LogP contribution in [0.4, 0.5) is 0 Å². The van der Waals surface area contributed by atoms with Gasteiger partial charge < -0.3 is 9.64 Å². The number of nitrogens with zero attached hydrogens (tertiary/aromatic N) is 1. The quantitative estimate of drug-likeness (QED) is 0.607. The van der Waals surface area contributed by atoms with Crippen molar-refractivity contribution in [3.05, 3.63) is 0 Å². The number of carbonyl (C=O) groups excluding carboxylic acids is 1. The van der Waals surface area contributed by atoms with Gasteiger partial charge in [0.15, 0.2) is 0 Å². The fourth-order valence-corrected chi connectivity index (χ4v) is 2.78. The number of likely N-dealkylation sites (tertiary alicyclic amines) is 1. The Hall–Kier alpha value is -0.570. The van der Waals surface area contributed by atoms with E-state index < -0.39 is 0 Å². The second-order valence-corrected chi connectivity index (χ2v) is 4.53. The highest BCUT2D eigenvalue weighted by molar-refractivity contribution is 5.80. The zero-order valence-electron chi connectivity index (χ0n) is 8.54. The molecule has 13 heavy (non-hydrogen) atoms. The van der Waals surface area contributed by atoms with Gasteiger partial charge in [0, 0.05) is 13.5 Å². The molecule has 0 bridgehead atoms. The lowest BCUT2D eigenvalue weighted by molar-refractivity contribution is -0.167. The van der Waals surface area contributed by atoms with Crippen molar-refractivity contribution in [3.63, 3.8) is 0 Å². The third kappa shape index (κ3) is 1.10. The van der Waals surface area contributed by atoms with Gasteiger partial charge in [0.25, 0.3) is 0 Å². The standard InChI is InChI=1S/C10H17NO2/c1-7(2)9-10(4-5-13-10)6-8(12)11(9)3/h7,9H,4-6H2,1-3H3. The van der Waals surface area contributed by atoms with Gasteiger partial charge in [-0.2, -0.15) is 0 Å². The van der Waals surface area contributed by atoms with Gasteiger partial charge in [0.1, 0.15) is 0 Å². The molecule has 2 aliphatic heterocycles. The van der Waals surface area contributed by atoms with Crippen LogP contribution in [0.3, 0.4) is 0 Å². The number of hydrogen-bond donors (Lipinski definition) is 0. The van der Waals surface area contributed by atoms with Crippen molar-refractivity contribution >= 4 is 5.91 Å². The summed E-state index contributed by atoms with van der Waals surface area (Å²) in [7, 11) is 1.89. The van der Waals surface area contributed by atoms with Crippen LogP contribution in [0.25, 0.3) is 0 Å². The lowest BCUT2D eigenvalue weighted by Crippen LogP contribution is -2.55. The fourth-order valence-electron chi connectivity index (χ4n) is 2.78. The molecule has 0 aromatic heterocycles. The molecule has 1 amide bonds. The first-order valence-corrected chi connectivity index (χ1v) is 4.96. The average molecular weight is 183 g/mol. The highest BCUT2D eigenvalue weighted by Gasteiger charge is 2.56. The van der Waals surface area contributed by atoms with Crippen molar-refractivity contribution in [1.82, 2.24) is 4.90 Å². The van der Waals surface area contributed by atoms with Gasteiger partial charge in [0.2, 0.25) is 5.91 Å². The van der Waals surface area contributed by atoms with Gasteiger partial charge in [-0.25, -0.2) is 0 Å². The summed E-state index contributed by atoms with van der Waals surface area (Å²) < 4.78 is 5.63. The van der Waals surface area contributed by atoms with E-state index in [0.717, 1.165) is 13.0 Å². The van der Waals surface area contributed by atoms with Gasteiger partial charge in [-0.3, -0.25) is 4.79 Å². The van der Waals surface area contributed by atoms with Crippen LogP contribution in [0, 0.1) is 5.92 Å². The van der Waals surface area contributed by atoms with Crippen LogP contribution in [0.15, 0.2) is 0 Å². The summed E-state index contributed by atoms with van der Waals surface area (Å²) in [5.74, 6) is 0.718. The van der Waals surface area contributed by atoms with Crippen molar-refractivity contribution in [3.8, 4) is 0 Å². The monoisotopic (exact) mass is 183 g/mol. The number of rotatable bonds is 1. The van der Waals surface area contributed by atoms with E-state index in [9.17, 15) is 4.79 Å². The van der Waals surface area contributed by atoms with Crippen LogP contribution < -0.4 is 0 Å². The minimum absolute atomic E-state index is 0.125. The molecule has 0 N–H and O–H groups in total. The van der Waals surface area contributed by atoms with E-state index in [1.165, 1.54) is 0 Å². The van der Waals surface area contributed by atoms with Crippen LogP contribution in [0.5, 0.6) is 0 Å². The van der Waals surface area contributed by atoms with Crippen LogP contribution in [0.1, 0.15) is 26.7 Å². The van der Waals surface area contributed by atoms with Crippen LogP contribution in [-0.4, -0.2) is 36.1 Å². The third-order valence-electron chi connectivity index (χ3n) is 3.35. The maximum Gasteiger partial charge on any atom is 0.225 e. The molecule has 2 fully saturated rings. The number of carbonyl (C=O) groups is 1. The maximum atomic E-state index is 11.5. The molecule has 2 rings (SSSR count). The number of hydrogen-bond acceptors (Lipinski definition) is 2. The molecule has 0 radical (unpaired) electrons. The zero-order chi connectivity index (χ0) is 9.64. The highest BCUT2D eigenvalue weighted by atomic mass is 16.5. The molecule has 1 spiro atoms. The van der Waals surface area contributed by atoms with E-state index in [1.54, 1.807) is 0 Å².